The van der Waals surface area contributed by atoms with Gasteiger partial charge >= 0.3 is 5.97 Å². The number of hydrogen-bond acceptors (Lipinski definition) is 5. The minimum absolute atomic E-state index is 0.167. The zero-order valence-corrected chi connectivity index (χ0v) is 21.0. The number of aromatic nitrogens is 2. The van der Waals surface area contributed by atoms with Crippen molar-refractivity contribution < 1.29 is 9.90 Å². The first-order valence-electron chi connectivity index (χ1n) is 11.7. The molecule has 0 aliphatic carbocycles. The van der Waals surface area contributed by atoms with Crippen molar-refractivity contribution in [2.24, 2.45) is 0 Å². The van der Waals surface area contributed by atoms with Crippen molar-refractivity contribution in [1.82, 2.24) is 9.38 Å². The molecule has 4 aromatic rings. The number of nitriles is 1. The van der Waals surface area contributed by atoms with Gasteiger partial charge in [0.1, 0.15) is 5.65 Å². The number of nitrogens with zero attached hydrogens (tertiary/aromatic N) is 3. The molecule has 0 aliphatic rings. The maximum atomic E-state index is 13.5. The molecule has 0 bridgehead atoms. The Kier molecular flexibility index (Phi) is 6.38. The Morgan fingerprint density at radius 2 is 1.86 bits per heavy atom. The Hall–Kier alpha value is -4.44. The summed E-state index contributed by atoms with van der Waals surface area (Å²) in [5, 5.41) is 22.4. The van der Waals surface area contributed by atoms with Crippen LogP contribution in [-0.4, -0.2) is 20.5 Å². The smallest absolute Gasteiger partial charge is 0.337 e. The first kappa shape index (κ1) is 24.7. The lowest BCUT2D eigenvalue weighted by Gasteiger charge is -2.21. The number of benzene rings is 2. The number of anilines is 1. The fourth-order valence-electron chi connectivity index (χ4n) is 4.32. The molecule has 0 saturated carbocycles. The number of para-hydroxylation sites is 1. The standard InChI is InChI=1S/C29H28N4O3/c1-17-13-23(19(3)31-24-12-7-6-11-22(24)28(35)36)26-32-25(18(2)27(34)33(26)15-17)20-9-8-10-21(14-20)29(4,5)16-30/h6-15,19,31H,1-5H3,(H,35,36)/t19-/m1/s1. The second-order valence-corrected chi connectivity index (χ2v) is 9.59. The number of nitrogens with one attached hydrogen (secondary N) is 1. The van der Waals surface area contributed by atoms with Crippen LogP contribution in [0.1, 0.15) is 59.4 Å². The average Bonchev–Trinajstić information content (AvgIpc) is 2.86. The maximum Gasteiger partial charge on any atom is 0.337 e. The highest BCUT2D eigenvalue weighted by Crippen LogP contribution is 2.30. The summed E-state index contributed by atoms with van der Waals surface area (Å²) in [5.74, 6) is -1.02. The number of carboxylic acids is 1. The van der Waals surface area contributed by atoms with Gasteiger partial charge in [-0.15, -0.1) is 0 Å². The summed E-state index contributed by atoms with van der Waals surface area (Å²) in [6, 6.07) is 18.2. The van der Waals surface area contributed by atoms with Crippen LogP contribution in [-0.2, 0) is 5.41 Å². The summed E-state index contributed by atoms with van der Waals surface area (Å²) in [7, 11) is 0. The summed E-state index contributed by atoms with van der Waals surface area (Å²) >= 11 is 0. The SMILES string of the molecule is Cc1cc([C@@H](C)Nc2ccccc2C(=O)O)c2nc(-c3cccc(C(C)(C)C#N)c3)c(C)c(=O)n2c1. The summed E-state index contributed by atoms with van der Waals surface area (Å²) in [5.41, 5.74) is 4.59. The van der Waals surface area contributed by atoms with Gasteiger partial charge in [-0.1, -0.05) is 30.3 Å². The third-order valence-electron chi connectivity index (χ3n) is 6.45. The minimum atomic E-state index is -1.02. The van der Waals surface area contributed by atoms with E-state index in [9.17, 15) is 20.0 Å². The molecular formula is C29H28N4O3. The van der Waals surface area contributed by atoms with Crippen LogP contribution in [0.3, 0.4) is 0 Å². The van der Waals surface area contributed by atoms with Crippen LogP contribution >= 0.6 is 0 Å². The van der Waals surface area contributed by atoms with E-state index in [-0.39, 0.29) is 17.2 Å². The van der Waals surface area contributed by atoms with Crippen molar-refractivity contribution in [3.05, 3.63) is 99.0 Å². The van der Waals surface area contributed by atoms with Gasteiger partial charge in [-0.25, -0.2) is 9.78 Å². The zero-order valence-electron chi connectivity index (χ0n) is 21.0. The van der Waals surface area contributed by atoms with E-state index in [1.807, 2.05) is 58.0 Å². The van der Waals surface area contributed by atoms with Crippen molar-refractivity contribution in [2.75, 3.05) is 5.32 Å². The molecular weight excluding hydrogens is 452 g/mol. The molecule has 2 aromatic carbocycles. The maximum absolute atomic E-state index is 13.5. The van der Waals surface area contributed by atoms with Crippen molar-refractivity contribution in [3.63, 3.8) is 0 Å². The summed E-state index contributed by atoms with van der Waals surface area (Å²) in [4.78, 5) is 30.1. The summed E-state index contributed by atoms with van der Waals surface area (Å²) < 4.78 is 1.55. The lowest BCUT2D eigenvalue weighted by Crippen LogP contribution is -2.22. The van der Waals surface area contributed by atoms with Crippen molar-refractivity contribution >= 4 is 17.3 Å². The zero-order chi connectivity index (χ0) is 26.2. The van der Waals surface area contributed by atoms with Gasteiger partial charge in [0.25, 0.3) is 5.56 Å². The monoisotopic (exact) mass is 480 g/mol. The largest absolute Gasteiger partial charge is 0.478 e. The normalized spacial score (nSPS) is 12.2. The molecule has 2 heterocycles. The number of rotatable bonds is 6. The highest BCUT2D eigenvalue weighted by atomic mass is 16.4. The third kappa shape index (κ3) is 4.46. The molecule has 0 amide bonds. The Morgan fingerprint density at radius 3 is 2.56 bits per heavy atom. The molecule has 0 unspecified atom stereocenters. The predicted octanol–water partition coefficient (Wildman–Crippen LogP) is 5.65. The number of hydrogen-bond donors (Lipinski definition) is 2. The molecule has 0 aliphatic heterocycles. The van der Waals surface area contributed by atoms with Crippen molar-refractivity contribution in [1.29, 1.82) is 5.26 Å². The minimum Gasteiger partial charge on any atom is -0.478 e. The Bertz CT molecular complexity index is 1590. The topological polar surface area (TPSA) is 107 Å². The van der Waals surface area contributed by atoms with Crippen LogP contribution < -0.4 is 10.9 Å². The summed E-state index contributed by atoms with van der Waals surface area (Å²) in [6.07, 6.45) is 1.76. The van der Waals surface area contributed by atoms with Gasteiger partial charge in [0.15, 0.2) is 0 Å². The number of aromatic carboxylic acids is 1. The van der Waals surface area contributed by atoms with E-state index in [1.165, 1.54) is 0 Å². The van der Waals surface area contributed by atoms with Crippen LogP contribution in [0.2, 0.25) is 0 Å². The second kappa shape index (κ2) is 9.31. The third-order valence-corrected chi connectivity index (χ3v) is 6.45. The highest BCUT2D eigenvalue weighted by molar-refractivity contribution is 5.94. The molecule has 4 rings (SSSR count). The highest BCUT2D eigenvalue weighted by Gasteiger charge is 2.22. The quantitative estimate of drug-likeness (QED) is 0.369. The van der Waals surface area contributed by atoms with E-state index >= 15 is 0 Å². The first-order valence-corrected chi connectivity index (χ1v) is 11.7. The van der Waals surface area contributed by atoms with E-state index in [0.717, 1.165) is 22.3 Å². The van der Waals surface area contributed by atoms with E-state index in [2.05, 4.69) is 11.4 Å². The van der Waals surface area contributed by atoms with Crippen LogP contribution in [0.5, 0.6) is 0 Å². The molecule has 7 heteroatoms. The molecule has 0 spiro atoms. The van der Waals surface area contributed by atoms with Crippen molar-refractivity contribution in [3.8, 4) is 17.3 Å². The van der Waals surface area contributed by atoms with E-state index in [1.54, 1.807) is 41.8 Å². The fourth-order valence-corrected chi connectivity index (χ4v) is 4.32. The Labute approximate surface area is 209 Å². The lowest BCUT2D eigenvalue weighted by atomic mass is 9.85. The van der Waals surface area contributed by atoms with E-state index < -0.39 is 11.4 Å². The molecule has 0 fully saturated rings. The average molecular weight is 481 g/mol. The number of fused-ring (bicyclic) bond motifs is 1. The van der Waals surface area contributed by atoms with Gasteiger partial charge in [0.05, 0.1) is 28.8 Å². The number of pyridine rings is 1. The number of aryl methyl sites for hydroxylation is 1. The van der Waals surface area contributed by atoms with Gasteiger partial charge in [0.2, 0.25) is 0 Å². The van der Waals surface area contributed by atoms with Gasteiger partial charge in [-0.3, -0.25) is 9.20 Å². The fraction of sp³-hybridized carbons (Fsp3) is 0.241. The molecule has 0 saturated heterocycles. The van der Waals surface area contributed by atoms with Crippen LogP contribution in [0.4, 0.5) is 5.69 Å². The lowest BCUT2D eigenvalue weighted by molar-refractivity contribution is 0.0698. The van der Waals surface area contributed by atoms with Gasteiger partial charge in [0, 0.05) is 28.6 Å². The van der Waals surface area contributed by atoms with Crippen molar-refractivity contribution in [2.45, 2.75) is 46.1 Å². The summed E-state index contributed by atoms with van der Waals surface area (Å²) in [6.45, 7) is 9.28. The van der Waals surface area contributed by atoms with Gasteiger partial charge in [-0.2, -0.15) is 5.26 Å². The van der Waals surface area contributed by atoms with Gasteiger partial charge in [-0.05, 0) is 70.0 Å². The second-order valence-electron chi connectivity index (χ2n) is 9.59. The molecule has 36 heavy (non-hydrogen) atoms. The Morgan fingerprint density at radius 1 is 1.14 bits per heavy atom. The van der Waals surface area contributed by atoms with Crippen LogP contribution in [0.15, 0.2) is 65.6 Å². The molecule has 7 nitrogen and oxygen atoms in total. The molecule has 182 valence electrons. The van der Waals surface area contributed by atoms with E-state index in [4.69, 9.17) is 4.98 Å². The number of carboxylic acid groups (broad SMARTS) is 1. The van der Waals surface area contributed by atoms with Gasteiger partial charge < -0.3 is 10.4 Å². The molecule has 2 aromatic heterocycles. The first-order chi connectivity index (χ1) is 17.0. The molecule has 0 radical (unpaired) electrons. The predicted molar refractivity (Wildman–Crippen MR) is 140 cm³/mol. The van der Waals surface area contributed by atoms with E-state index in [0.29, 0.717) is 22.6 Å². The molecule has 1 atom stereocenters. The molecule has 2 N–H and O–H groups in total. The Balaban J connectivity index is 1.90. The number of carbonyl (C=O) groups is 1. The van der Waals surface area contributed by atoms with Crippen LogP contribution in [0, 0.1) is 25.2 Å². The van der Waals surface area contributed by atoms with Crippen LogP contribution in [0.25, 0.3) is 16.9 Å².